The molecule has 2 unspecified atom stereocenters. The number of amides is 3. The van der Waals surface area contributed by atoms with Crippen LogP contribution in [0.1, 0.15) is 52.0 Å². The van der Waals surface area contributed by atoms with Crippen molar-refractivity contribution in [3.63, 3.8) is 0 Å². The summed E-state index contributed by atoms with van der Waals surface area (Å²) in [6.45, 7) is 8.22. The number of nitrogens with one attached hydrogen (secondary N) is 1. The standard InChI is InChI=1S/C21H27ClN2O3/c1-13-7-8-14(12-16(13)22)23-17(25)6-5-11-24-18(26)15-9-10-21(4,19(24)27)20(15,2)3/h7-8,12,15H,5-6,9-11H2,1-4H3,(H,23,25). The summed E-state index contributed by atoms with van der Waals surface area (Å²) in [5, 5.41) is 3.41. The maximum atomic E-state index is 13.0. The highest BCUT2D eigenvalue weighted by molar-refractivity contribution is 6.31. The molecule has 1 aromatic carbocycles. The van der Waals surface area contributed by atoms with E-state index in [1.807, 2.05) is 33.8 Å². The Bertz CT molecular complexity index is 805. The monoisotopic (exact) mass is 390 g/mol. The van der Waals surface area contributed by atoms with Crippen LogP contribution in [0.3, 0.4) is 0 Å². The predicted octanol–water partition coefficient (Wildman–Crippen LogP) is 4.18. The minimum atomic E-state index is -0.494. The maximum absolute atomic E-state index is 13.0. The molecule has 0 aromatic heterocycles. The highest BCUT2D eigenvalue weighted by atomic mass is 35.5. The fourth-order valence-electron chi connectivity index (χ4n) is 4.40. The van der Waals surface area contributed by atoms with Crippen LogP contribution in [0.2, 0.25) is 5.02 Å². The third-order valence-corrected chi connectivity index (χ3v) is 7.16. The lowest BCUT2D eigenvalue weighted by molar-refractivity contribution is -0.168. The van der Waals surface area contributed by atoms with Crippen molar-refractivity contribution in [2.24, 2.45) is 16.7 Å². The van der Waals surface area contributed by atoms with Gasteiger partial charge in [-0.1, -0.05) is 38.4 Å². The van der Waals surface area contributed by atoms with Crippen molar-refractivity contribution >= 4 is 35.0 Å². The first-order valence-electron chi connectivity index (χ1n) is 9.50. The Balaban J connectivity index is 1.57. The first-order valence-corrected chi connectivity index (χ1v) is 9.87. The quantitative estimate of drug-likeness (QED) is 0.767. The molecule has 1 aliphatic heterocycles. The molecule has 2 bridgehead atoms. The van der Waals surface area contributed by atoms with Crippen molar-refractivity contribution in [1.82, 2.24) is 4.90 Å². The number of carbonyl (C=O) groups excluding carboxylic acids is 3. The Hall–Kier alpha value is -1.88. The molecule has 27 heavy (non-hydrogen) atoms. The SMILES string of the molecule is Cc1ccc(NC(=O)CCCN2C(=O)C3CCC(C)(C2=O)C3(C)C)cc1Cl. The summed E-state index contributed by atoms with van der Waals surface area (Å²) in [4.78, 5) is 39.3. The van der Waals surface area contributed by atoms with Gasteiger partial charge in [-0.15, -0.1) is 0 Å². The molecule has 1 saturated carbocycles. The van der Waals surface area contributed by atoms with Crippen molar-refractivity contribution in [3.8, 4) is 0 Å². The number of piperidine rings is 1. The highest BCUT2D eigenvalue weighted by Crippen LogP contribution is 2.60. The van der Waals surface area contributed by atoms with E-state index in [4.69, 9.17) is 11.6 Å². The Labute approximate surface area is 165 Å². The van der Waals surface area contributed by atoms with Crippen LogP contribution in [0, 0.1) is 23.7 Å². The predicted molar refractivity (Wildman–Crippen MR) is 105 cm³/mol. The lowest BCUT2D eigenvalue weighted by Gasteiger charge is -2.47. The number of likely N-dealkylation sites (tertiary alicyclic amines) is 1. The van der Waals surface area contributed by atoms with Gasteiger partial charge in [0, 0.05) is 29.6 Å². The number of anilines is 1. The number of aryl methyl sites for hydroxylation is 1. The molecule has 2 aliphatic rings. The van der Waals surface area contributed by atoms with Crippen LogP contribution in [0.25, 0.3) is 0 Å². The van der Waals surface area contributed by atoms with Crippen LogP contribution >= 0.6 is 11.6 Å². The molecular weight excluding hydrogens is 364 g/mol. The average molecular weight is 391 g/mol. The van der Waals surface area contributed by atoms with Crippen molar-refractivity contribution in [1.29, 1.82) is 0 Å². The third-order valence-electron chi connectivity index (χ3n) is 6.75. The second kappa shape index (κ2) is 6.93. The molecule has 2 atom stereocenters. The number of carbonyl (C=O) groups is 3. The molecule has 1 saturated heterocycles. The van der Waals surface area contributed by atoms with E-state index >= 15 is 0 Å². The van der Waals surface area contributed by atoms with Gasteiger partial charge in [0.05, 0.1) is 5.41 Å². The fourth-order valence-corrected chi connectivity index (χ4v) is 4.59. The maximum Gasteiger partial charge on any atom is 0.235 e. The molecule has 146 valence electrons. The van der Waals surface area contributed by atoms with Gasteiger partial charge in [0.15, 0.2) is 0 Å². The van der Waals surface area contributed by atoms with E-state index in [0.717, 1.165) is 18.4 Å². The van der Waals surface area contributed by atoms with Gasteiger partial charge >= 0.3 is 0 Å². The van der Waals surface area contributed by atoms with Gasteiger partial charge < -0.3 is 5.32 Å². The van der Waals surface area contributed by atoms with Crippen molar-refractivity contribution in [3.05, 3.63) is 28.8 Å². The molecule has 6 heteroatoms. The number of benzene rings is 1. The minimum absolute atomic E-state index is 0.0781. The van der Waals surface area contributed by atoms with E-state index in [-0.39, 0.29) is 35.5 Å². The molecule has 3 rings (SSSR count). The van der Waals surface area contributed by atoms with Crippen molar-refractivity contribution in [2.75, 3.05) is 11.9 Å². The number of hydrogen-bond acceptors (Lipinski definition) is 3. The first kappa shape index (κ1) is 19.9. The number of hydrogen-bond donors (Lipinski definition) is 1. The summed E-state index contributed by atoms with van der Waals surface area (Å²) in [6, 6.07) is 5.37. The average Bonchev–Trinajstić information content (AvgIpc) is 2.78. The molecule has 0 spiro atoms. The lowest BCUT2D eigenvalue weighted by atomic mass is 9.62. The van der Waals surface area contributed by atoms with Crippen molar-refractivity contribution in [2.45, 2.75) is 53.4 Å². The van der Waals surface area contributed by atoms with E-state index in [2.05, 4.69) is 5.32 Å². The zero-order valence-electron chi connectivity index (χ0n) is 16.4. The third kappa shape index (κ3) is 3.27. The van der Waals surface area contributed by atoms with Crippen LogP contribution in [0.15, 0.2) is 18.2 Å². The van der Waals surface area contributed by atoms with Gasteiger partial charge in [-0.25, -0.2) is 0 Å². The molecule has 0 radical (unpaired) electrons. The number of fused-ring (bicyclic) bond motifs is 2. The summed E-state index contributed by atoms with van der Waals surface area (Å²) >= 11 is 6.07. The molecule has 3 amide bonds. The summed E-state index contributed by atoms with van der Waals surface area (Å²) in [7, 11) is 0. The molecular formula is C21H27ClN2O3. The topological polar surface area (TPSA) is 66.5 Å². The second-order valence-electron chi connectivity index (χ2n) is 8.56. The van der Waals surface area contributed by atoms with Crippen LogP contribution < -0.4 is 5.32 Å². The first-order chi connectivity index (χ1) is 12.6. The van der Waals surface area contributed by atoms with Gasteiger partial charge in [0.2, 0.25) is 17.7 Å². The largest absolute Gasteiger partial charge is 0.326 e. The number of nitrogens with zero attached hydrogens (tertiary/aromatic N) is 1. The van der Waals surface area contributed by atoms with Gasteiger partial charge in [-0.05, 0) is 49.3 Å². The number of halogens is 1. The van der Waals surface area contributed by atoms with Gasteiger partial charge in [-0.2, -0.15) is 0 Å². The normalized spacial score (nSPS) is 26.4. The smallest absolute Gasteiger partial charge is 0.235 e. The molecule has 2 fully saturated rings. The van der Waals surface area contributed by atoms with Crippen LogP contribution in [0.4, 0.5) is 5.69 Å². The highest BCUT2D eigenvalue weighted by Gasteiger charge is 2.64. The van der Waals surface area contributed by atoms with Gasteiger partial charge in [-0.3, -0.25) is 19.3 Å². The Morgan fingerprint density at radius 1 is 1.30 bits per heavy atom. The van der Waals surface area contributed by atoms with Gasteiger partial charge in [0.1, 0.15) is 0 Å². The van der Waals surface area contributed by atoms with E-state index < -0.39 is 5.41 Å². The van der Waals surface area contributed by atoms with Gasteiger partial charge in [0.25, 0.3) is 0 Å². The summed E-state index contributed by atoms with van der Waals surface area (Å²) < 4.78 is 0. The van der Waals surface area contributed by atoms with Crippen LogP contribution in [-0.2, 0) is 14.4 Å². The van der Waals surface area contributed by atoms with E-state index in [1.165, 1.54) is 4.90 Å². The Morgan fingerprint density at radius 3 is 2.67 bits per heavy atom. The van der Waals surface area contributed by atoms with Crippen LogP contribution in [-0.4, -0.2) is 29.2 Å². The summed E-state index contributed by atoms with van der Waals surface area (Å²) in [5.74, 6) is -0.423. The Kier molecular flexibility index (Phi) is 5.10. The van der Waals surface area contributed by atoms with Crippen LogP contribution in [0.5, 0.6) is 0 Å². The second-order valence-corrected chi connectivity index (χ2v) is 8.96. The molecule has 5 nitrogen and oxygen atoms in total. The number of imide groups is 1. The summed E-state index contributed by atoms with van der Waals surface area (Å²) in [6.07, 6.45) is 2.21. The molecule has 1 heterocycles. The number of rotatable bonds is 5. The van der Waals surface area contributed by atoms with E-state index in [1.54, 1.807) is 12.1 Å². The van der Waals surface area contributed by atoms with Crippen molar-refractivity contribution < 1.29 is 14.4 Å². The molecule has 1 aromatic rings. The Morgan fingerprint density at radius 2 is 2.00 bits per heavy atom. The summed E-state index contributed by atoms with van der Waals surface area (Å²) in [5.41, 5.74) is 0.794. The zero-order chi connectivity index (χ0) is 20.0. The lowest BCUT2D eigenvalue weighted by Crippen LogP contribution is -2.59. The minimum Gasteiger partial charge on any atom is -0.326 e. The van der Waals surface area contributed by atoms with E-state index in [9.17, 15) is 14.4 Å². The molecule has 1 aliphatic carbocycles. The zero-order valence-corrected chi connectivity index (χ0v) is 17.2. The fraction of sp³-hybridized carbons (Fsp3) is 0.571. The van der Waals surface area contributed by atoms with E-state index in [0.29, 0.717) is 23.7 Å². The molecule has 1 N–H and O–H groups in total.